The van der Waals surface area contributed by atoms with Gasteiger partial charge in [-0.15, -0.1) is 0 Å². The number of nitro groups is 1. The summed E-state index contributed by atoms with van der Waals surface area (Å²) in [6.45, 7) is 1.78. The fraction of sp³-hybridized carbons (Fsp3) is 0.143. The molecule has 0 bridgehead atoms. The third kappa shape index (κ3) is 2.97. The Kier molecular flexibility index (Phi) is 3.84. The van der Waals surface area contributed by atoms with Crippen molar-refractivity contribution in [3.05, 3.63) is 51.6 Å². The molecule has 2 aromatic carbocycles. The van der Waals surface area contributed by atoms with Crippen LogP contribution in [0.1, 0.15) is 11.1 Å². The van der Waals surface area contributed by atoms with E-state index in [1.165, 1.54) is 18.2 Å². The highest BCUT2D eigenvalue weighted by Crippen LogP contribution is 2.37. The summed E-state index contributed by atoms with van der Waals surface area (Å²) in [5.74, 6) is -1.43. The Bertz CT molecular complexity index is 700. The maximum atomic E-state index is 10.9. The van der Waals surface area contributed by atoms with Crippen molar-refractivity contribution in [2.75, 3.05) is 5.32 Å². The van der Waals surface area contributed by atoms with Gasteiger partial charge in [-0.1, -0.05) is 6.07 Å². The standard InChI is InChI=1S/C14H14N2O5/c1-8-2-4-10(6-11(8)16(20)21)15-7-9-3-5-12(17)14(19)13(9)18/h2-6,15,17-19H,7H2,1H3. The SMILES string of the molecule is Cc1ccc(NCc2ccc(O)c(O)c2O)cc1[N+](=O)[O-]. The Morgan fingerprint density at radius 2 is 1.86 bits per heavy atom. The van der Waals surface area contributed by atoms with Gasteiger partial charge in [0.1, 0.15) is 0 Å². The van der Waals surface area contributed by atoms with Crippen LogP contribution in [0, 0.1) is 17.0 Å². The number of benzene rings is 2. The molecule has 4 N–H and O–H groups in total. The van der Waals surface area contributed by atoms with E-state index < -0.39 is 22.2 Å². The second-order valence-electron chi connectivity index (χ2n) is 4.55. The van der Waals surface area contributed by atoms with Gasteiger partial charge in [0, 0.05) is 29.4 Å². The largest absolute Gasteiger partial charge is 0.504 e. The fourth-order valence-corrected chi connectivity index (χ4v) is 1.87. The average molecular weight is 290 g/mol. The molecule has 0 heterocycles. The highest BCUT2D eigenvalue weighted by molar-refractivity contribution is 5.57. The molecule has 21 heavy (non-hydrogen) atoms. The van der Waals surface area contributed by atoms with Crippen LogP contribution in [0.2, 0.25) is 0 Å². The highest BCUT2D eigenvalue weighted by Gasteiger charge is 2.13. The molecule has 7 heteroatoms. The first kappa shape index (κ1) is 14.4. The molecule has 7 nitrogen and oxygen atoms in total. The maximum absolute atomic E-state index is 10.9. The zero-order valence-corrected chi connectivity index (χ0v) is 11.2. The summed E-state index contributed by atoms with van der Waals surface area (Å²) in [5.41, 5.74) is 1.42. The molecular weight excluding hydrogens is 276 g/mol. The molecule has 0 saturated heterocycles. The third-order valence-electron chi connectivity index (χ3n) is 3.10. The zero-order chi connectivity index (χ0) is 15.6. The third-order valence-corrected chi connectivity index (χ3v) is 3.10. The number of aryl methyl sites for hydroxylation is 1. The van der Waals surface area contributed by atoms with Crippen LogP contribution in [0.25, 0.3) is 0 Å². The lowest BCUT2D eigenvalue weighted by atomic mass is 10.1. The van der Waals surface area contributed by atoms with Gasteiger partial charge < -0.3 is 20.6 Å². The van der Waals surface area contributed by atoms with Crippen LogP contribution in [0.5, 0.6) is 17.2 Å². The summed E-state index contributed by atoms with van der Waals surface area (Å²) in [6, 6.07) is 7.39. The van der Waals surface area contributed by atoms with E-state index in [4.69, 9.17) is 0 Å². The van der Waals surface area contributed by atoms with Crippen molar-refractivity contribution >= 4 is 11.4 Å². The predicted molar refractivity (Wildman–Crippen MR) is 76.6 cm³/mol. The van der Waals surface area contributed by atoms with E-state index in [2.05, 4.69) is 5.32 Å². The normalized spacial score (nSPS) is 10.3. The Morgan fingerprint density at radius 3 is 2.52 bits per heavy atom. The summed E-state index contributed by atoms with van der Waals surface area (Å²) < 4.78 is 0. The van der Waals surface area contributed by atoms with Crippen molar-refractivity contribution in [3.63, 3.8) is 0 Å². The Hall–Kier alpha value is -2.96. The smallest absolute Gasteiger partial charge is 0.274 e. The van der Waals surface area contributed by atoms with Crippen LogP contribution in [-0.2, 0) is 6.54 Å². The van der Waals surface area contributed by atoms with Gasteiger partial charge in [0.25, 0.3) is 5.69 Å². The van der Waals surface area contributed by atoms with Gasteiger partial charge in [0.2, 0.25) is 5.75 Å². The zero-order valence-electron chi connectivity index (χ0n) is 11.2. The first-order valence-electron chi connectivity index (χ1n) is 6.12. The fourth-order valence-electron chi connectivity index (χ4n) is 1.87. The first-order chi connectivity index (χ1) is 9.90. The maximum Gasteiger partial charge on any atom is 0.274 e. The highest BCUT2D eigenvalue weighted by atomic mass is 16.6. The van der Waals surface area contributed by atoms with Crippen molar-refractivity contribution in [2.24, 2.45) is 0 Å². The number of nitrogens with zero attached hydrogens (tertiary/aromatic N) is 1. The number of phenols is 3. The van der Waals surface area contributed by atoms with Gasteiger partial charge in [-0.05, 0) is 25.1 Å². The second kappa shape index (κ2) is 5.58. The quantitative estimate of drug-likeness (QED) is 0.391. The molecule has 0 radical (unpaired) electrons. The molecule has 110 valence electrons. The Morgan fingerprint density at radius 1 is 1.14 bits per heavy atom. The van der Waals surface area contributed by atoms with Gasteiger partial charge in [0.15, 0.2) is 11.5 Å². The molecule has 2 rings (SSSR count). The minimum atomic E-state index is -0.593. The number of phenolic OH excluding ortho intramolecular Hbond substituents is 3. The second-order valence-corrected chi connectivity index (χ2v) is 4.55. The summed E-state index contributed by atoms with van der Waals surface area (Å²) in [5, 5.41) is 42.1. The molecular formula is C14H14N2O5. The molecule has 2 aromatic rings. The van der Waals surface area contributed by atoms with E-state index in [-0.39, 0.29) is 12.2 Å². The summed E-state index contributed by atoms with van der Waals surface area (Å²) in [6.07, 6.45) is 0. The van der Waals surface area contributed by atoms with Crippen LogP contribution < -0.4 is 5.32 Å². The van der Waals surface area contributed by atoms with Crippen LogP contribution in [0.15, 0.2) is 30.3 Å². The number of nitrogens with one attached hydrogen (secondary N) is 1. The Labute approximate surface area is 120 Å². The summed E-state index contributed by atoms with van der Waals surface area (Å²) in [4.78, 5) is 10.4. The van der Waals surface area contributed by atoms with Crippen LogP contribution >= 0.6 is 0 Å². The Balaban J connectivity index is 2.19. The van der Waals surface area contributed by atoms with Crippen molar-refractivity contribution in [3.8, 4) is 17.2 Å². The lowest BCUT2D eigenvalue weighted by molar-refractivity contribution is -0.385. The lowest BCUT2D eigenvalue weighted by Crippen LogP contribution is -2.01. The molecule has 0 saturated carbocycles. The number of hydrogen-bond acceptors (Lipinski definition) is 6. The molecule has 0 atom stereocenters. The summed E-state index contributed by atoms with van der Waals surface area (Å²) in [7, 11) is 0. The van der Waals surface area contributed by atoms with E-state index in [0.29, 0.717) is 16.8 Å². The molecule has 0 aliphatic heterocycles. The van der Waals surface area contributed by atoms with Crippen molar-refractivity contribution in [2.45, 2.75) is 13.5 Å². The minimum Gasteiger partial charge on any atom is -0.504 e. The van der Waals surface area contributed by atoms with Gasteiger partial charge in [-0.25, -0.2) is 0 Å². The molecule has 0 aliphatic carbocycles. The van der Waals surface area contributed by atoms with Crippen LogP contribution in [0.3, 0.4) is 0 Å². The summed E-state index contributed by atoms with van der Waals surface area (Å²) >= 11 is 0. The van der Waals surface area contributed by atoms with Gasteiger partial charge in [-0.2, -0.15) is 0 Å². The topological polar surface area (TPSA) is 116 Å². The molecule has 0 spiro atoms. The van der Waals surface area contributed by atoms with Gasteiger partial charge >= 0.3 is 0 Å². The monoisotopic (exact) mass is 290 g/mol. The lowest BCUT2D eigenvalue weighted by Gasteiger charge is -2.10. The number of rotatable bonds is 4. The van der Waals surface area contributed by atoms with E-state index >= 15 is 0 Å². The molecule has 0 fully saturated rings. The van der Waals surface area contributed by atoms with E-state index in [0.717, 1.165) is 0 Å². The van der Waals surface area contributed by atoms with Crippen molar-refractivity contribution in [1.82, 2.24) is 0 Å². The van der Waals surface area contributed by atoms with E-state index in [9.17, 15) is 25.4 Å². The van der Waals surface area contributed by atoms with Crippen molar-refractivity contribution in [1.29, 1.82) is 0 Å². The van der Waals surface area contributed by atoms with Crippen LogP contribution in [0.4, 0.5) is 11.4 Å². The molecule has 0 unspecified atom stereocenters. The number of nitro benzene ring substituents is 1. The number of anilines is 1. The molecule has 0 aliphatic rings. The first-order valence-corrected chi connectivity index (χ1v) is 6.12. The molecule has 0 amide bonds. The van der Waals surface area contributed by atoms with Gasteiger partial charge in [-0.3, -0.25) is 10.1 Å². The van der Waals surface area contributed by atoms with E-state index in [1.807, 2.05) is 0 Å². The minimum absolute atomic E-state index is 0.00206. The van der Waals surface area contributed by atoms with E-state index in [1.54, 1.807) is 19.1 Å². The van der Waals surface area contributed by atoms with Gasteiger partial charge in [0.05, 0.1) is 4.92 Å². The van der Waals surface area contributed by atoms with Crippen LogP contribution in [-0.4, -0.2) is 20.2 Å². The molecule has 0 aromatic heterocycles. The number of hydrogen-bond donors (Lipinski definition) is 4. The predicted octanol–water partition coefficient (Wildman–Crippen LogP) is 2.63. The number of aromatic hydroxyl groups is 3. The van der Waals surface area contributed by atoms with Crippen molar-refractivity contribution < 1.29 is 20.2 Å². The average Bonchev–Trinajstić information content (AvgIpc) is 2.45.